The van der Waals surface area contributed by atoms with E-state index in [4.69, 9.17) is 32.7 Å². The molecular formula is C32H25Cl2F6O4PS2. The third-order valence-corrected chi connectivity index (χ3v) is 10.9. The Labute approximate surface area is 280 Å². The van der Waals surface area contributed by atoms with E-state index in [9.17, 15) is 34.8 Å². The zero-order valence-corrected chi connectivity index (χ0v) is 28.6. The molecule has 1 atom stereocenters. The molecule has 0 N–H and O–H groups in total. The second kappa shape index (κ2) is 12.4. The van der Waals surface area contributed by atoms with Crippen LogP contribution in [0.2, 0.25) is 10.0 Å². The maximum absolute atomic E-state index is 13.9. The first-order valence-electron chi connectivity index (χ1n) is 14.1. The standard InChI is InChI=1S/C32H25Cl2O4S2.F6P/c1-3-15-37-23-12-10-21(33)27-30(36)20-17-18(9-14-25(20)39-31(23)27)40-26-8-6-5-7-19(26)29(35)28-22(34)11-13-24(32(28)40)38-16-4-2;1-7(2,3,4,5)6/h5-14,17H,3-4,15-16H2,1-2H3;/q+1;-1. The van der Waals surface area contributed by atoms with Gasteiger partial charge in [0.1, 0.15) is 11.1 Å². The monoisotopic (exact) mass is 752 g/mol. The molecule has 0 saturated heterocycles. The fraction of sp³-hybridized carbons (Fsp3) is 0.188. The van der Waals surface area contributed by atoms with Gasteiger partial charge in [-0.1, -0.05) is 49.2 Å². The first-order valence-corrected chi connectivity index (χ1v) is 18.9. The molecule has 0 aliphatic carbocycles. The quantitative estimate of drug-likeness (QED) is 0.0705. The van der Waals surface area contributed by atoms with Gasteiger partial charge in [-0.25, -0.2) is 0 Å². The minimum absolute atomic E-state index is 0.119. The van der Waals surface area contributed by atoms with Crippen LogP contribution in [-0.2, 0) is 0 Å². The van der Waals surface area contributed by atoms with E-state index in [-0.39, 0.29) is 10.9 Å². The van der Waals surface area contributed by atoms with Crippen LogP contribution in [0.3, 0.4) is 0 Å². The second-order valence-electron chi connectivity index (χ2n) is 10.4. The van der Waals surface area contributed by atoms with Crippen molar-refractivity contribution in [3.63, 3.8) is 0 Å². The molecule has 0 saturated carbocycles. The zero-order chi connectivity index (χ0) is 34.4. The molecule has 0 bridgehead atoms. The van der Waals surface area contributed by atoms with Crippen molar-refractivity contribution in [2.75, 3.05) is 13.2 Å². The Balaban J connectivity index is 0.000000559. The van der Waals surface area contributed by atoms with Crippen molar-refractivity contribution in [2.24, 2.45) is 0 Å². The summed E-state index contributed by atoms with van der Waals surface area (Å²) in [6.45, 7) is 5.15. The number of hydrogen-bond donors (Lipinski definition) is 0. The average molecular weight is 754 g/mol. The molecule has 0 amide bonds. The van der Waals surface area contributed by atoms with Crippen LogP contribution in [0.4, 0.5) is 25.2 Å². The first-order chi connectivity index (χ1) is 21.9. The van der Waals surface area contributed by atoms with Gasteiger partial charge in [-0.05, 0) is 61.4 Å². The van der Waals surface area contributed by atoms with Crippen molar-refractivity contribution in [1.29, 1.82) is 0 Å². The van der Waals surface area contributed by atoms with Crippen molar-refractivity contribution >= 4 is 93.2 Å². The Hall–Kier alpha value is -3.15. The average Bonchev–Trinajstić information content (AvgIpc) is 2.99. The summed E-state index contributed by atoms with van der Waals surface area (Å²) < 4.78 is 74.5. The van der Waals surface area contributed by atoms with Gasteiger partial charge in [0.05, 0.1) is 38.7 Å². The third kappa shape index (κ3) is 7.95. The van der Waals surface area contributed by atoms with E-state index in [0.29, 0.717) is 56.3 Å². The molecule has 0 fully saturated rings. The fourth-order valence-electron chi connectivity index (χ4n) is 4.93. The molecule has 0 aliphatic rings. The van der Waals surface area contributed by atoms with Gasteiger partial charge in [-0.2, -0.15) is 0 Å². The van der Waals surface area contributed by atoms with E-state index in [0.717, 1.165) is 36.5 Å². The van der Waals surface area contributed by atoms with E-state index in [1.807, 2.05) is 68.4 Å². The van der Waals surface area contributed by atoms with Gasteiger partial charge >= 0.3 is 33.0 Å². The molecular weight excluding hydrogens is 728 g/mol. The van der Waals surface area contributed by atoms with Crippen LogP contribution in [0, 0.1) is 0 Å². The normalized spacial score (nSPS) is 13.7. The molecule has 2 aromatic heterocycles. The predicted octanol–water partition coefficient (Wildman–Crippen LogP) is 13.1. The van der Waals surface area contributed by atoms with E-state index in [1.54, 1.807) is 12.1 Å². The molecule has 6 rings (SSSR count). The summed E-state index contributed by atoms with van der Waals surface area (Å²) in [5.41, 5.74) is -0.262. The summed E-state index contributed by atoms with van der Waals surface area (Å²) in [6.07, 6.45) is 1.68. The van der Waals surface area contributed by atoms with E-state index < -0.39 is 18.3 Å². The molecule has 4 aromatic carbocycles. The number of hydrogen-bond acceptors (Lipinski definition) is 5. The number of rotatable bonds is 7. The number of fused-ring (bicyclic) bond motifs is 4. The van der Waals surface area contributed by atoms with Crippen molar-refractivity contribution in [2.45, 2.75) is 26.7 Å². The fourth-order valence-corrected chi connectivity index (χ4v) is 9.15. The van der Waals surface area contributed by atoms with Gasteiger partial charge in [-0.3, -0.25) is 9.59 Å². The summed E-state index contributed by atoms with van der Waals surface area (Å²) in [7, 11) is -11.4. The summed E-state index contributed by atoms with van der Waals surface area (Å²) in [6, 6.07) is 20.7. The van der Waals surface area contributed by atoms with Gasteiger partial charge in [0, 0.05) is 26.6 Å². The van der Waals surface area contributed by atoms with Crippen molar-refractivity contribution in [1.82, 2.24) is 0 Å². The van der Waals surface area contributed by atoms with Crippen molar-refractivity contribution < 1.29 is 34.7 Å². The SMILES string of the molecule is CCCOc1ccc(Cl)c2c(=O)c3cc(-[s+]4c5ccccc5c(=O)c5c(Cl)ccc(OCCC)c54)ccc3sc12.F[P-](F)(F)(F)(F)F. The van der Waals surface area contributed by atoms with Crippen LogP contribution in [0.25, 0.3) is 45.2 Å². The molecule has 2 heterocycles. The molecule has 0 aliphatic heterocycles. The van der Waals surface area contributed by atoms with E-state index in [2.05, 4.69) is 0 Å². The molecule has 6 aromatic rings. The van der Waals surface area contributed by atoms with E-state index in [1.165, 1.54) is 11.3 Å². The Kier molecular flexibility index (Phi) is 9.26. The van der Waals surface area contributed by atoms with Crippen LogP contribution < -0.4 is 20.3 Å². The van der Waals surface area contributed by atoms with E-state index >= 15 is 0 Å². The summed E-state index contributed by atoms with van der Waals surface area (Å²) in [4.78, 5) is 28.5. The molecule has 4 nitrogen and oxygen atoms in total. The Morgan fingerprint density at radius 3 is 1.91 bits per heavy atom. The van der Waals surface area contributed by atoms with Crippen molar-refractivity contribution in [3.05, 3.63) is 97.2 Å². The van der Waals surface area contributed by atoms with Gasteiger partial charge in [0.15, 0.2) is 20.8 Å². The zero-order valence-electron chi connectivity index (χ0n) is 24.6. The summed E-state index contributed by atoms with van der Waals surface area (Å²) in [5.74, 6) is 1.30. The van der Waals surface area contributed by atoms with Crippen LogP contribution in [-0.4, -0.2) is 13.2 Å². The molecule has 47 heavy (non-hydrogen) atoms. The molecule has 0 radical (unpaired) electrons. The van der Waals surface area contributed by atoms with Gasteiger partial charge in [-0.15, -0.1) is 11.3 Å². The molecule has 1 unspecified atom stereocenters. The number of halogens is 8. The maximum atomic E-state index is 13.9. The van der Waals surface area contributed by atoms with Gasteiger partial charge in [0.25, 0.3) is 0 Å². The van der Waals surface area contributed by atoms with Crippen LogP contribution >= 0.6 is 52.8 Å². The summed E-state index contributed by atoms with van der Waals surface area (Å²) in [5, 5.41) is 2.89. The molecule has 250 valence electrons. The van der Waals surface area contributed by atoms with Gasteiger partial charge in [0.2, 0.25) is 10.1 Å². The number of ether oxygens (including phenoxy) is 2. The Morgan fingerprint density at radius 2 is 1.28 bits per heavy atom. The topological polar surface area (TPSA) is 52.6 Å². The molecule has 15 heteroatoms. The first kappa shape index (κ1) is 35.2. The minimum atomic E-state index is -10.7. The Bertz CT molecular complexity index is 2300. The van der Waals surface area contributed by atoms with Crippen molar-refractivity contribution in [3.8, 4) is 16.4 Å². The van der Waals surface area contributed by atoms with Gasteiger partial charge < -0.3 is 9.47 Å². The Morgan fingerprint density at radius 1 is 0.723 bits per heavy atom. The van der Waals surface area contributed by atoms with Crippen LogP contribution in [0.1, 0.15) is 26.7 Å². The third-order valence-electron chi connectivity index (χ3n) is 6.72. The predicted molar refractivity (Wildman–Crippen MR) is 186 cm³/mol. The number of benzene rings is 4. The second-order valence-corrected chi connectivity index (χ2v) is 16.1. The van der Waals surface area contributed by atoms with Crippen LogP contribution in [0.5, 0.6) is 11.5 Å². The molecule has 0 spiro atoms. The summed E-state index contributed by atoms with van der Waals surface area (Å²) >= 11 is 14.7. The van der Waals surface area contributed by atoms with Crippen LogP contribution in [0.15, 0.2) is 76.3 Å².